The molecule has 8 heteroatoms. The Morgan fingerprint density at radius 2 is 1.76 bits per heavy atom. The summed E-state index contributed by atoms with van der Waals surface area (Å²) in [4.78, 5) is 12.7. The van der Waals surface area contributed by atoms with Crippen LogP contribution in [-0.4, -0.2) is 38.3 Å². The monoisotopic (exact) mass is 413 g/mol. The van der Waals surface area contributed by atoms with Crippen LogP contribution in [0.3, 0.4) is 0 Å². The van der Waals surface area contributed by atoms with E-state index in [0.29, 0.717) is 30.7 Å². The van der Waals surface area contributed by atoms with Crippen molar-refractivity contribution in [3.8, 4) is 11.8 Å². The van der Waals surface area contributed by atoms with Gasteiger partial charge in [-0.25, -0.2) is 8.42 Å². The molecule has 1 amide bonds. The lowest BCUT2D eigenvalue weighted by molar-refractivity contribution is -0.120. The number of anilines is 1. The molecule has 29 heavy (non-hydrogen) atoms. The van der Waals surface area contributed by atoms with Gasteiger partial charge in [-0.15, -0.1) is 0 Å². The maximum Gasteiger partial charge on any atom is 0.243 e. The molecule has 152 valence electrons. The predicted octanol–water partition coefficient (Wildman–Crippen LogP) is 3.00. The van der Waals surface area contributed by atoms with Gasteiger partial charge in [0.05, 0.1) is 23.1 Å². The molecular formula is C21H23N3O4S. The van der Waals surface area contributed by atoms with Crippen molar-refractivity contribution in [2.75, 3.05) is 25.0 Å². The lowest BCUT2D eigenvalue weighted by Crippen LogP contribution is -2.41. The number of hydrogen-bond donors (Lipinski definition) is 1. The van der Waals surface area contributed by atoms with E-state index in [2.05, 4.69) is 5.32 Å². The average molecular weight is 413 g/mol. The summed E-state index contributed by atoms with van der Waals surface area (Å²) < 4.78 is 32.3. The third-order valence-corrected chi connectivity index (χ3v) is 6.79. The molecule has 0 aliphatic carbocycles. The van der Waals surface area contributed by atoms with Crippen LogP contribution >= 0.6 is 0 Å². The third-order valence-electron chi connectivity index (χ3n) is 4.88. The van der Waals surface area contributed by atoms with Gasteiger partial charge in [0.1, 0.15) is 5.75 Å². The van der Waals surface area contributed by atoms with Crippen molar-refractivity contribution in [3.05, 3.63) is 54.1 Å². The van der Waals surface area contributed by atoms with Crippen molar-refractivity contribution in [1.29, 1.82) is 5.26 Å². The molecule has 0 aromatic heterocycles. The highest BCUT2D eigenvalue weighted by Gasteiger charge is 2.32. The average Bonchev–Trinajstić information content (AvgIpc) is 2.75. The van der Waals surface area contributed by atoms with Gasteiger partial charge < -0.3 is 10.1 Å². The highest BCUT2D eigenvalue weighted by molar-refractivity contribution is 7.89. The Morgan fingerprint density at radius 3 is 2.31 bits per heavy atom. The van der Waals surface area contributed by atoms with E-state index in [0.717, 1.165) is 5.75 Å². The summed E-state index contributed by atoms with van der Waals surface area (Å²) in [7, 11) is -3.63. The summed E-state index contributed by atoms with van der Waals surface area (Å²) >= 11 is 0. The first-order chi connectivity index (χ1) is 13.9. The Bertz CT molecular complexity index is 988. The molecule has 2 aromatic carbocycles. The number of carbonyl (C=O) groups excluding carboxylic acids is 1. The zero-order valence-corrected chi connectivity index (χ0v) is 17.0. The van der Waals surface area contributed by atoms with Gasteiger partial charge in [-0.2, -0.15) is 9.57 Å². The second kappa shape index (κ2) is 9.07. The highest BCUT2D eigenvalue weighted by Crippen LogP contribution is 2.25. The minimum absolute atomic E-state index is 0.107. The van der Waals surface area contributed by atoms with Crippen LogP contribution in [-0.2, 0) is 14.8 Å². The van der Waals surface area contributed by atoms with E-state index in [9.17, 15) is 13.2 Å². The first-order valence-corrected chi connectivity index (χ1v) is 10.9. The second-order valence-electron chi connectivity index (χ2n) is 6.76. The van der Waals surface area contributed by atoms with Crippen molar-refractivity contribution >= 4 is 21.6 Å². The topological polar surface area (TPSA) is 99.5 Å². The second-order valence-corrected chi connectivity index (χ2v) is 8.70. The molecule has 1 aliphatic rings. The summed E-state index contributed by atoms with van der Waals surface area (Å²) in [5, 5.41) is 11.7. The van der Waals surface area contributed by atoms with E-state index < -0.39 is 10.0 Å². The van der Waals surface area contributed by atoms with Crippen LogP contribution in [0.4, 0.5) is 5.69 Å². The van der Waals surface area contributed by atoms with E-state index in [1.807, 2.05) is 13.0 Å². The van der Waals surface area contributed by atoms with Gasteiger partial charge >= 0.3 is 0 Å². The first-order valence-electron chi connectivity index (χ1n) is 9.48. The summed E-state index contributed by atoms with van der Waals surface area (Å²) in [5.41, 5.74) is 1.10. The van der Waals surface area contributed by atoms with Gasteiger partial charge in [0, 0.05) is 24.7 Å². The van der Waals surface area contributed by atoms with E-state index >= 15 is 0 Å². The summed E-state index contributed by atoms with van der Waals surface area (Å²) in [6, 6.07) is 15.0. The zero-order chi connectivity index (χ0) is 20.9. The molecule has 0 unspecified atom stereocenters. The van der Waals surface area contributed by atoms with Crippen molar-refractivity contribution in [2.24, 2.45) is 5.92 Å². The van der Waals surface area contributed by atoms with E-state index in [4.69, 9.17) is 10.00 Å². The van der Waals surface area contributed by atoms with Crippen LogP contribution in [0.25, 0.3) is 0 Å². The maximum absolute atomic E-state index is 12.8. The molecular weight excluding hydrogens is 390 g/mol. The molecule has 1 N–H and O–H groups in total. The molecule has 0 bridgehead atoms. The van der Waals surface area contributed by atoms with Crippen LogP contribution in [0, 0.1) is 17.2 Å². The van der Waals surface area contributed by atoms with E-state index in [1.54, 1.807) is 24.3 Å². The number of benzene rings is 2. The fourth-order valence-electron chi connectivity index (χ4n) is 3.25. The SMILES string of the molecule is CCOc1ccc(NC(=O)C2CCN(S(=O)(=O)c3ccc(C#N)cc3)CC2)cc1. The fraction of sp³-hybridized carbons (Fsp3) is 0.333. The largest absolute Gasteiger partial charge is 0.494 e. The lowest BCUT2D eigenvalue weighted by atomic mass is 9.97. The summed E-state index contributed by atoms with van der Waals surface area (Å²) in [5.74, 6) is 0.394. The Hall–Kier alpha value is -2.89. The molecule has 1 heterocycles. The Morgan fingerprint density at radius 1 is 1.14 bits per heavy atom. The van der Waals surface area contributed by atoms with Crippen LogP contribution in [0.5, 0.6) is 5.75 Å². The maximum atomic E-state index is 12.8. The predicted molar refractivity (Wildman–Crippen MR) is 109 cm³/mol. The first kappa shape index (κ1) is 20.8. The van der Waals surface area contributed by atoms with Crippen molar-refractivity contribution in [2.45, 2.75) is 24.7 Å². The minimum atomic E-state index is -3.63. The number of amides is 1. The van der Waals surface area contributed by atoms with Crippen LogP contribution in [0.1, 0.15) is 25.3 Å². The smallest absolute Gasteiger partial charge is 0.243 e. The van der Waals surface area contributed by atoms with Gasteiger partial charge in [-0.05, 0) is 68.3 Å². The number of sulfonamides is 1. The minimum Gasteiger partial charge on any atom is -0.494 e. The lowest BCUT2D eigenvalue weighted by Gasteiger charge is -2.30. The van der Waals surface area contributed by atoms with Crippen LogP contribution < -0.4 is 10.1 Å². The summed E-state index contributed by atoms with van der Waals surface area (Å²) in [6.07, 6.45) is 0.913. The van der Waals surface area contributed by atoms with Crippen LogP contribution in [0.15, 0.2) is 53.4 Å². The number of piperidine rings is 1. The van der Waals surface area contributed by atoms with Gasteiger partial charge in [-0.1, -0.05) is 0 Å². The fourth-order valence-corrected chi connectivity index (χ4v) is 4.72. The molecule has 1 fully saturated rings. The Labute approximate surface area is 171 Å². The number of carbonyl (C=O) groups is 1. The number of nitrogens with zero attached hydrogens (tertiary/aromatic N) is 2. The molecule has 1 aliphatic heterocycles. The third kappa shape index (κ3) is 4.94. The molecule has 2 aromatic rings. The quantitative estimate of drug-likeness (QED) is 0.785. The zero-order valence-electron chi connectivity index (χ0n) is 16.2. The number of nitriles is 1. The van der Waals surface area contributed by atoms with Gasteiger partial charge in [0.15, 0.2) is 0 Å². The number of nitrogens with one attached hydrogen (secondary N) is 1. The van der Waals surface area contributed by atoms with Gasteiger partial charge in [0.2, 0.25) is 15.9 Å². The van der Waals surface area contributed by atoms with E-state index in [1.165, 1.54) is 28.6 Å². The van der Waals surface area contributed by atoms with Gasteiger partial charge in [0.25, 0.3) is 0 Å². The van der Waals surface area contributed by atoms with Crippen molar-refractivity contribution in [3.63, 3.8) is 0 Å². The molecule has 0 spiro atoms. The summed E-state index contributed by atoms with van der Waals surface area (Å²) in [6.45, 7) is 3.05. The number of hydrogen-bond acceptors (Lipinski definition) is 5. The molecule has 0 atom stereocenters. The van der Waals surface area contributed by atoms with Crippen molar-refractivity contribution < 1.29 is 17.9 Å². The highest BCUT2D eigenvalue weighted by atomic mass is 32.2. The molecule has 7 nitrogen and oxygen atoms in total. The van der Waals surface area contributed by atoms with E-state index in [-0.39, 0.29) is 29.8 Å². The Kier molecular flexibility index (Phi) is 6.52. The molecule has 1 saturated heterocycles. The number of rotatable bonds is 6. The molecule has 0 saturated carbocycles. The number of ether oxygens (including phenoxy) is 1. The van der Waals surface area contributed by atoms with Crippen LogP contribution in [0.2, 0.25) is 0 Å². The standard InChI is InChI=1S/C21H23N3O4S/c1-2-28-19-7-5-18(6-8-19)23-21(25)17-11-13-24(14-12-17)29(26,27)20-9-3-16(15-22)4-10-20/h3-10,17H,2,11-14H2,1H3,(H,23,25). The molecule has 3 rings (SSSR count). The normalized spacial score (nSPS) is 15.4. The van der Waals surface area contributed by atoms with Crippen molar-refractivity contribution in [1.82, 2.24) is 4.31 Å². The van der Waals surface area contributed by atoms with Gasteiger partial charge in [-0.3, -0.25) is 4.79 Å². The molecule has 0 radical (unpaired) electrons. The Balaban J connectivity index is 1.57.